The van der Waals surface area contributed by atoms with E-state index in [2.05, 4.69) is 22.2 Å². The van der Waals surface area contributed by atoms with Crippen molar-refractivity contribution in [2.45, 2.75) is 13.3 Å². The molecule has 4 rings (SSSR count). The number of H-pyrrole nitrogens is 1. The van der Waals surface area contributed by atoms with Crippen molar-refractivity contribution in [2.75, 3.05) is 5.32 Å². The van der Waals surface area contributed by atoms with E-state index in [1.54, 1.807) is 0 Å². The van der Waals surface area contributed by atoms with E-state index in [1.165, 1.54) is 0 Å². The van der Waals surface area contributed by atoms with Gasteiger partial charge in [0.1, 0.15) is 5.82 Å². The van der Waals surface area contributed by atoms with Crippen LogP contribution in [0.15, 0.2) is 48.5 Å². The van der Waals surface area contributed by atoms with E-state index in [9.17, 15) is 4.79 Å². The minimum absolute atomic E-state index is 0.129. The van der Waals surface area contributed by atoms with Crippen LogP contribution in [-0.2, 0) is 4.79 Å². The lowest BCUT2D eigenvalue weighted by molar-refractivity contribution is -0.117. The summed E-state index contributed by atoms with van der Waals surface area (Å²) in [7, 11) is 0. The first-order valence-electron chi connectivity index (χ1n) is 7.57. The number of carbonyl (C=O) groups is 1. The number of imidazole rings is 1. The molecule has 1 heterocycles. The Kier molecular flexibility index (Phi) is 2.96. The average molecular weight is 291 g/mol. The Morgan fingerprint density at radius 2 is 1.91 bits per heavy atom. The van der Waals surface area contributed by atoms with Crippen molar-refractivity contribution in [3.05, 3.63) is 48.5 Å². The van der Waals surface area contributed by atoms with Crippen LogP contribution >= 0.6 is 0 Å². The van der Waals surface area contributed by atoms with Gasteiger partial charge in [0.2, 0.25) is 5.91 Å². The predicted octanol–water partition coefficient (Wildman–Crippen LogP) is 3.82. The van der Waals surface area contributed by atoms with Crippen LogP contribution in [0.3, 0.4) is 0 Å². The monoisotopic (exact) mass is 291 g/mol. The van der Waals surface area contributed by atoms with E-state index in [-0.39, 0.29) is 11.8 Å². The first-order valence-corrected chi connectivity index (χ1v) is 7.57. The third kappa shape index (κ3) is 2.37. The van der Waals surface area contributed by atoms with Crippen molar-refractivity contribution >= 4 is 22.6 Å². The van der Waals surface area contributed by atoms with E-state index < -0.39 is 0 Å². The predicted molar refractivity (Wildman–Crippen MR) is 87.4 cm³/mol. The third-order valence-corrected chi connectivity index (χ3v) is 4.26. The number of aromatic amines is 1. The van der Waals surface area contributed by atoms with Gasteiger partial charge in [-0.2, -0.15) is 0 Å². The first-order chi connectivity index (χ1) is 10.7. The van der Waals surface area contributed by atoms with E-state index in [1.807, 2.05) is 48.5 Å². The SMILES string of the molecule is C[C@@H]1C[C@H]1C(=O)Nc1ccc(-c2nc3ccccc3[nH]2)cc1. The summed E-state index contributed by atoms with van der Waals surface area (Å²) in [5.74, 6) is 1.68. The van der Waals surface area contributed by atoms with Crippen molar-refractivity contribution in [3.63, 3.8) is 0 Å². The number of aromatic nitrogens is 2. The van der Waals surface area contributed by atoms with Crippen LogP contribution in [0.4, 0.5) is 5.69 Å². The highest BCUT2D eigenvalue weighted by atomic mass is 16.2. The van der Waals surface area contributed by atoms with Gasteiger partial charge in [0.05, 0.1) is 11.0 Å². The van der Waals surface area contributed by atoms with E-state index in [0.717, 1.165) is 34.5 Å². The molecule has 22 heavy (non-hydrogen) atoms. The maximum absolute atomic E-state index is 11.9. The molecule has 0 spiro atoms. The lowest BCUT2D eigenvalue weighted by Gasteiger charge is -2.05. The van der Waals surface area contributed by atoms with Gasteiger partial charge in [0.15, 0.2) is 0 Å². The second kappa shape index (κ2) is 4.98. The maximum Gasteiger partial charge on any atom is 0.227 e. The lowest BCUT2D eigenvalue weighted by atomic mass is 10.2. The number of hydrogen-bond acceptors (Lipinski definition) is 2. The fourth-order valence-corrected chi connectivity index (χ4v) is 2.72. The van der Waals surface area contributed by atoms with Crippen molar-refractivity contribution < 1.29 is 4.79 Å². The van der Waals surface area contributed by atoms with E-state index in [4.69, 9.17) is 0 Å². The van der Waals surface area contributed by atoms with Crippen LogP contribution in [0.5, 0.6) is 0 Å². The molecule has 1 saturated carbocycles. The molecular formula is C18H17N3O. The van der Waals surface area contributed by atoms with Crippen molar-refractivity contribution in [1.29, 1.82) is 0 Å². The van der Waals surface area contributed by atoms with Crippen LogP contribution in [0.2, 0.25) is 0 Å². The van der Waals surface area contributed by atoms with Gasteiger partial charge in [0, 0.05) is 17.2 Å². The molecule has 2 N–H and O–H groups in total. The van der Waals surface area contributed by atoms with Crippen LogP contribution in [0, 0.1) is 11.8 Å². The molecule has 0 unspecified atom stereocenters. The highest BCUT2D eigenvalue weighted by molar-refractivity contribution is 5.94. The van der Waals surface area contributed by atoms with Crippen molar-refractivity contribution in [1.82, 2.24) is 9.97 Å². The second-order valence-corrected chi connectivity index (χ2v) is 5.99. The number of benzene rings is 2. The maximum atomic E-state index is 11.9. The molecule has 4 heteroatoms. The fourth-order valence-electron chi connectivity index (χ4n) is 2.72. The highest BCUT2D eigenvalue weighted by Gasteiger charge is 2.38. The Bertz CT molecular complexity index is 802. The highest BCUT2D eigenvalue weighted by Crippen LogP contribution is 2.38. The molecule has 1 aliphatic rings. The molecule has 2 aromatic carbocycles. The zero-order valence-electron chi connectivity index (χ0n) is 12.3. The number of nitrogens with one attached hydrogen (secondary N) is 2. The molecule has 110 valence electrons. The van der Waals surface area contributed by atoms with Gasteiger partial charge >= 0.3 is 0 Å². The molecule has 0 radical (unpaired) electrons. The number of carbonyl (C=O) groups excluding carboxylic acids is 1. The second-order valence-electron chi connectivity index (χ2n) is 5.99. The molecule has 0 aliphatic heterocycles. The largest absolute Gasteiger partial charge is 0.338 e. The van der Waals surface area contributed by atoms with Crippen molar-refractivity contribution in [2.24, 2.45) is 11.8 Å². The lowest BCUT2D eigenvalue weighted by Crippen LogP contribution is -2.14. The van der Waals surface area contributed by atoms with Gasteiger partial charge in [-0.05, 0) is 48.7 Å². The Morgan fingerprint density at radius 1 is 1.18 bits per heavy atom. The zero-order valence-corrected chi connectivity index (χ0v) is 12.3. The van der Waals surface area contributed by atoms with Crippen LogP contribution in [0.1, 0.15) is 13.3 Å². The van der Waals surface area contributed by atoms with Crippen LogP contribution in [0.25, 0.3) is 22.4 Å². The van der Waals surface area contributed by atoms with Gasteiger partial charge in [0.25, 0.3) is 0 Å². The summed E-state index contributed by atoms with van der Waals surface area (Å²) in [4.78, 5) is 19.8. The van der Waals surface area contributed by atoms with Gasteiger partial charge in [-0.1, -0.05) is 19.1 Å². The summed E-state index contributed by atoms with van der Waals surface area (Å²) < 4.78 is 0. The van der Waals surface area contributed by atoms with Gasteiger partial charge in [-0.3, -0.25) is 4.79 Å². The molecule has 4 nitrogen and oxygen atoms in total. The van der Waals surface area contributed by atoms with Crippen LogP contribution < -0.4 is 5.32 Å². The summed E-state index contributed by atoms with van der Waals surface area (Å²) in [6.07, 6.45) is 1.00. The molecule has 3 aromatic rings. The number of nitrogens with zero attached hydrogens (tertiary/aromatic N) is 1. The first kappa shape index (κ1) is 13.1. The topological polar surface area (TPSA) is 57.8 Å². The van der Waals surface area contributed by atoms with Crippen LogP contribution in [-0.4, -0.2) is 15.9 Å². The molecule has 2 atom stereocenters. The number of fused-ring (bicyclic) bond motifs is 1. The summed E-state index contributed by atoms with van der Waals surface area (Å²) in [6, 6.07) is 15.8. The Morgan fingerprint density at radius 3 is 2.59 bits per heavy atom. The minimum atomic E-state index is 0.129. The van der Waals surface area contributed by atoms with Gasteiger partial charge in [-0.25, -0.2) is 4.98 Å². The number of amides is 1. The fraction of sp³-hybridized carbons (Fsp3) is 0.222. The standard InChI is InChI=1S/C18H17N3O/c1-11-10-14(11)18(22)19-13-8-6-12(7-9-13)17-20-15-4-2-3-5-16(15)21-17/h2-9,11,14H,10H2,1H3,(H,19,22)(H,20,21)/t11-,14-/m1/s1. The number of anilines is 1. The molecule has 1 fully saturated rings. The third-order valence-electron chi connectivity index (χ3n) is 4.26. The summed E-state index contributed by atoms with van der Waals surface area (Å²) in [5.41, 5.74) is 3.83. The van der Waals surface area contributed by atoms with Gasteiger partial charge < -0.3 is 10.3 Å². The normalized spacial score (nSPS) is 20.0. The number of hydrogen-bond donors (Lipinski definition) is 2. The molecule has 1 aliphatic carbocycles. The van der Waals surface area contributed by atoms with Gasteiger partial charge in [-0.15, -0.1) is 0 Å². The van der Waals surface area contributed by atoms with E-state index >= 15 is 0 Å². The molecule has 1 aromatic heterocycles. The summed E-state index contributed by atoms with van der Waals surface area (Å²) in [5, 5.41) is 2.97. The molecule has 1 amide bonds. The number of rotatable bonds is 3. The Labute approximate surface area is 128 Å². The molecule has 0 saturated heterocycles. The Hall–Kier alpha value is -2.62. The smallest absolute Gasteiger partial charge is 0.227 e. The zero-order chi connectivity index (χ0) is 15.1. The summed E-state index contributed by atoms with van der Waals surface area (Å²) in [6.45, 7) is 2.11. The van der Waals surface area contributed by atoms with E-state index in [0.29, 0.717) is 5.92 Å². The van der Waals surface area contributed by atoms with Crippen molar-refractivity contribution in [3.8, 4) is 11.4 Å². The quantitative estimate of drug-likeness (QED) is 0.770. The minimum Gasteiger partial charge on any atom is -0.338 e. The number of para-hydroxylation sites is 2. The molecular weight excluding hydrogens is 274 g/mol. The Balaban J connectivity index is 1.54. The average Bonchev–Trinajstić information content (AvgIpc) is 3.11. The molecule has 0 bridgehead atoms. The summed E-state index contributed by atoms with van der Waals surface area (Å²) >= 11 is 0.